The van der Waals surface area contributed by atoms with Gasteiger partial charge >= 0.3 is 0 Å². The summed E-state index contributed by atoms with van der Waals surface area (Å²) in [6.45, 7) is 3.35. The molecule has 0 bridgehead atoms. The molecule has 2 aromatic carbocycles. The molecule has 2 aliphatic heterocycles. The molecule has 0 atom stereocenters. The van der Waals surface area contributed by atoms with Crippen molar-refractivity contribution in [1.82, 2.24) is 9.88 Å². The van der Waals surface area contributed by atoms with Crippen LogP contribution in [0.5, 0.6) is 11.5 Å². The number of Topliss-reactive ketones (excluding diaryl/α,β-unsaturated/α-hetero) is 1. The molecule has 3 heterocycles. The summed E-state index contributed by atoms with van der Waals surface area (Å²) < 4.78 is 17.1. The molecular weight excluding hydrogens is 416 g/mol. The van der Waals surface area contributed by atoms with Crippen LogP contribution in [0.2, 0.25) is 5.02 Å². The molecule has 1 fully saturated rings. The smallest absolute Gasteiger partial charge is 0.209 e. The number of fused-ring (bicyclic) bond motifs is 1. The van der Waals surface area contributed by atoms with Crippen molar-refractivity contribution in [3.63, 3.8) is 0 Å². The molecule has 0 radical (unpaired) electrons. The van der Waals surface area contributed by atoms with Crippen LogP contribution < -0.4 is 9.47 Å². The first-order valence-corrected chi connectivity index (χ1v) is 10.9. The van der Waals surface area contributed by atoms with E-state index in [9.17, 15) is 4.79 Å². The molecule has 0 aliphatic carbocycles. The number of likely N-dealkylation sites (tertiary alicyclic amines) is 1. The summed E-state index contributed by atoms with van der Waals surface area (Å²) in [5.41, 5.74) is 1.61. The van der Waals surface area contributed by atoms with E-state index in [-0.39, 0.29) is 11.7 Å². The van der Waals surface area contributed by atoms with Crippen LogP contribution in [-0.2, 0) is 6.54 Å². The molecular formula is C24H23ClN2O4. The fourth-order valence-electron chi connectivity index (χ4n) is 4.14. The Morgan fingerprint density at radius 1 is 1.06 bits per heavy atom. The van der Waals surface area contributed by atoms with E-state index >= 15 is 0 Å². The second-order valence-corrected chi connectivity index (χ2v) is 8.34. The molecule has 6 nitrogen and oxygen atoms in total. The Morgan fingerprint density at radius 3 is 2.68 bits per heavy atom. The van der Waals surface area contributed by atoms with Crippen molar-refractivity contribution < 1.29 is 18.7 Å². The monoisotopic (exact) mass is 438 g/mol. The predicted molar refractivity (Wildman–Crippen MR) is 117 cm³/mol. The topological polar surface area (TPSA) is 64.8 Å². The fourth-order valence-corrected chi connectivity index (χ4v) is 4.33. The van der Waals surface area contributed by atoms with Gasteiger partial charge in [0.1, 0.15) is 13.2 Å². The highest BCUT2D eigenvalue weighted by molar-refractivity contribution is 6.30. The van der Waals surface area contributed by atoms with Crippen molar-refractivity contribution in [3.05, 3.63) is 65.1 Å². The highest BCUT2D eigenvalue weighted by Crippen LogP contribution is 2.33. The number of halogens is 1. The predicted octanol–water partition coefficient (Wildman–Crippen LogP) is 4.86. The number of ether oxygens (including phenoxy) is 2. The van der Waals surface area contributed by atoms with Gasteiger partial charge in [-0.2, -0.15) is 0 Å². The number of piperidine rings is 1. The van der Waals surface area contributed by atoms with E-state index in [0.29, 0.717) is 53.5 Å². The molecule has 0 saturated carbocycles. The van der Waals surface area contributed by atoms with Crippen LogP contribution in [0.25, 0.3) is 11.3 Å². The van der Waals surface area contributed by atoms with E-state index in [1.807, 2.05) is 42.5 Å². The van der Waals surface area contributed by atoms with Gasteiger partial charge in [0.2, 0.25) is 5.89 Å². The minimum atomic E-state index is 0.0189. The van der Waals surface area contributed by atoms with Crippen molar-refractivity contribution in [2.45, 2.75) is 19.4 Å². The van der Waals surface area contributed by atoms with E-state index in [1.165, 1.54) is 0 Å². The number of nitrogens with zero attached hydrogens (tertiary/aromatic N) is 2. The first kappa shape index (κ1) is 20.1. The van der Waals surface area contributed by atoms with Crippen LogP contribution in [0.15, 0.2) is 53.1 Å². The summed E-state index contributed by atoms with van der Waals surface area (Å²) in [4.78, 5) is 19.7. The Kier molecular flexibility index (Phi) is 5.66. The average Bonchev–Trinajstić information content (AvgIpc) is 3.27. The fraction of sp³-hybridized carbons (Fsp3) is 0.333. The van der Waals surface area contributed by atoms with E-state index < -0.39 is 0 Å². The van der Waals surface area contributed by atoms with Crippen LogP contribution in [-0.4, -0.2) is 42.0 Å². The molecule has 0 spiro atoms. The summed E-state index contributed by atoms with van der Waals surface area (Å²) in [6.07, 6.45) is 3.36. The third kappa shape index (κ3) is 4.45. The van der Waals surface area contributed by atoms with Gasteiger partial charge < -0.3 is 13.9 Å². The zero-order valence-electron chi connectivity index (χ0n) is 17.1. The first-order chi connectivity index (χ1) is 15.2. The molecule has 7 heteroatoms. The van der Waals surface area contributed by atoms with Gasteiger partial charge in [0.25, 0.3) is 0 Å². The van der Waals surface area contributed by atoms with Crippen molar-refractivity contribution in [2.24, 2.45) is 5.92 Å². The number of benzene rings is 2. The van der Waals surface area contributed by atoms with Gasteiger partial charge in [-0.1, -0.05) is 23.7 Å². The van der Waals surface area contributed by atoms with Crippen LogP contribution in [0.1, 0.15) is 29.1 Å². The lowest BCUT2D eigenvalue weighted by molar-refractivity contribution is 0.0826. The van der Waals surface area contributed by atoms with Gasteiger partial charge in [-0.25, -0.2) is 4.98 Å². The first-order valence-electron chi connectivity index (χ1n) is 10.5. The van der Waals surface area contributed by atoms with E-state index in [0.717, 1.165) is 31.5 Å². The molecule has 2 aliphatic rings. The Balaban J connectivity index is 1.18. The number of aromatic nitrogens is 1. The molecule has 0 amide bonds. The molecule has 160 valence electrons. The van der Waals surface area contributed by atoms with Gasteiger partial charge in [0.05, 0.1) is 12.7 Å². The quantitative estimate of drug-likeness (QED) is 0.530. The van der Waals surface area contributed by atoms with Crippen LogP contribution in [0, 0.1) is 5.92 Å². The lowest BCUT2D eigenvalue weighted by Gasteiger charge is -2.30. The lowest BCUT2D eigenvalue weighted by Crippen LogP contribution is -2.36. The maximum atomic E-state index is 13.0. The van der Waals surface area contributed by atoms with Crippen molar-refractivity contribution >= 4 is 17.4 Å². The highest BCUT2D eigenvalue weighted by atomic mass is 35.5. The molecule has 1 saturated heterocycles. The summed E-state index contributed by atoms with van der Waals surface area (Å²) in [5, 5.41) is 0.667. The number of oxazole rings is 1. The van der Waals surface area contributed by atoms with Gasteiger partial charge in [0.15, 0.2) is 23.0 Å². The molecule has 31 heavy (non-hydrogen) atoms. The zero-order valence-corrected chi connectivity index (χ0v) is 17.8. The molecule has 1 aromatic heterocycles. The van der Waals surface area contributed by atoms with Gasteiger partial charge in [-0.3, -0.25) is 9.69 Å². The number of hydrogen-bond donors (Lipinski definition) is 0. The third-order valence-electron chi connectivity index (χ3n) is 5.81. The number of rotatable bonds is 5. The number of hydrogen-bond acceptors (Lipinski definition) is 6. The number of ketones is 1. The van der Waals surface area contributed by atoms with Crippen LogP contribution >= 0.6 is 11.6 Å². The maximum Gasteiger partial charge on any atom is 0.209 e. The highest BCUT2D eigenvalue weighted by Gasteiger charge is 2.27. The minimum Gasteiger partial charge on any atom is -0.486 e. The van der Waals surface area contributed by atoms with Crippen LogP contribution in [0.3, 0.4) is 0 Å². The van der Waals surface area contributed by atoms with E-state index in [1.54, 1.807) is 6.20 Å². The third-order valence-corrected chi connectivity index (χ3v) is 6.04. The SMILES string of the molecule is O=C(c1ccc2c(c1)OCCO2)C1CCN(Cc2ncc(-c3cccc(Cl)c3)o2)CC1. The van der Waals surface area contributed by atoms with Crippen LogP contribution in [0.4, 0.5) is 0 Å². The van der Waals surface area contributed by atoms with Gasteiger partial charge in [0, 0.05) is 22.1 Å². The number of carbonyl (C=O) groups is 1. The normalized spacial score (nSPS) is 16.9. The Hall–Kier alpha value is -2.83. The second-order valence-electron chi connectivity index (χ2n) is 7.90. The summed E-state index contributed by atoms with van der Waals surface area (Å²) >= 11 is 6.06. The average molecular weight is 439 g/mol. The Morgan fingerprint density at radius 2 is 1.87 bits per heavy atom. The Bertz CT molecular complexity index is 1090. The van der Waals surface area contributed by atoms with Crippen molar-refractivity contribution in [2.75, 3.05) is 26.3 Å². The summed E-state index contributed by atoms with van der Waals surface area (Å²) in [5.74, 6) is 2.95. The van der Waals surface area contributed by atoms with E-state index in [4.69, 9.17) is 25.5 Å². The zero-order chi connectivity index (χ0) is 21.2. The molecule has 5 rings (SSSR count). The molecule has 0 N–H and O–H groups in total. The molecule has 0 unspecified atom stereocenters. The largest absolute Gasteiger partial charge is 0.486 e. The van der Waals surface area contributed by atoms with Gasteiger partial charge in [-0.15, -0.1) is 0 Å². The Labute approximate surface area is 185 Å². The number of carbonyl (C=O) groups excluding carboxylic acids is 1. The summed E-state index contributed by atoms with van der Waals surface area (Å²) in [6, 6.07) is 13.0. The standard InChI is InChI=1S/C24H23ClN2O4/c25-19-3-1-2-17(12-19)22-14-26-23(31-22)15-27-8-6-16(7-9-27)24(28)18-4-5-20-21(13-18)30-11-10-29-20/h1-5,12-14,16H,6-11,15H2. The van der Waals surface area contributed by atoms with E-state index in [2.05, 4.69) is 9.88 Å². The van der Waals surface area contributed by atoms with Crippen molar-refractivity contribution in [1.29, 1.82) is 0 Å². The maximum absolute atomic E-state index is 13.0. The second kappa shape index (κ2) is 8.73. The van der Waals surface area contributed by atoms with Gasteiger partial charge in [-0.05, 0) is 56.3 Å². The summed E-state index contributed by atoms with van der Waals surface area (Å²) in [7, 11) is 0. The molecule has 3 aromatic rings. The van der Waals surface area contributed by atoms with Crippen molar-refractivity contribution in [3.8, 4) is 22.8 Å². The minimum absolute atomic E-state index is 0.0189. The lowest BCUT2D eigenvalue weighted by atomic mass is 9.88.